The Hall–Kier alpha value is -0.860. The van der Waals surface area contributed by atoms with E-state index in [2.05, 4.69) is 18.8 Å². The van der Waals surface area contributed by atoms with E-state index in [0.29, 0.717) is 5.71 Å². The first-order chi connectivity index (χ1) is 6.80. The van der Waals surface area contributed by atoms with Crippen molar-refractivity contribution < 1.29 is 9.53 Å². The molecule has 0 fully saturated rings. The smallest absolute Gasteiger partial charge is 0.352 e. The zero-order valence-electron chi connectivity index (χ0n) is 10.8. The highest BCUT2D eigenvalue weighted by Crippen LogP contribution is 2.09. The van der Waals surface area contributed by atoms with Crippen molar-refractivity contribution in [3.05, 3.63) is 0 Å². The van der Waals surface area contributed by atoms with Gasteiger partial charge in [0, 0.05) is 0 Å². The van der Waals surface area contributed by atoms with Crippen LogP contribution in [-0.4, -0.2) is 23.3 Å². The molecule has 3 heteroatoms. The molecule has 0 aliphatic heterocycles. The van der Waals surface area contributed by atoms with Gasteiger partial charge in [-0.3, -0.25) is 4.99 Å². The third kappa shape index (κ3) is 6.26. The van der Waals surface area contributed by atoms with Crippen molar-refractivity contribution in [3.63, 3.8) is 0 Å². The van der Waals surface area contributed by atoms with Crippen LogP contribution in [0.5, 0.6) is 0 Å². The average Bonchev–Trinajstić information content (AvgIpc) is 2.10. The molecule has 0 atom stereocenters. The monoisotopic (exact) mass is 213 g/mol. The number of carbonyl (C=O) groups is 1. The molecule has 0 rings (SSSR count). The molecule has 0 spiro atoms. The van der Waals surface area contributed by atoms with Crippen LogP contribution in [0.2, 0.25) is 0 Å². The van der Waals surface area contributed by atoms with Crippen LogP contribution in [0.1, 0.15) is 54.4 Å². The Morgan fingerprint density at radius 3 is 2.07 bits per heavy atom. The molecular formula is C12H23NO2. The molecule has 0 bridgehead atoms. The van der Waals surface area contributed by atoms with Crippen LogP contribution in [-0.2, 0) is 9.53 Å². The standard InChI is InChI=1S/C12H23NO2/c1-7-10(8-2)13-9(3)11(14)15-12(4,5)6/h10H,7-8H2,1-6H3. The van der Waals surface area contributed by atoms with Gasteiger partial charge in [0.2, 0.25) is 0 Å². The summed E-state index contributed by atoms with van der Waals surface area (Å²) >= 11 is 0. The zero-order valence-corrected chi connectivity index (χ0v) is 10.8. The van der Waals surface area contributed by atoms with E-state index in [-0.39, 0.29) is 12.0 Å². The predicted octanol–water partition coefficient (Wildman–Crippen LogP) is 2.98. The van der Waals surface area contributed by atoms with E-state index >= 15 is 0 Å². The predicted molar refractivity (Wildman–Crippen MR) is 63.3 cm³/mol. The van der Waals surface area contributed by atoms with Gasteiger partial charge < -0.3 is 4.74 Å². The summed E-state index contributed by atoms with van der Waals surface area (Å²) < 4.78 is 5.22. The number of esters is 1. The van der Waals surface area contributed by atoms with E-state index in [1.165, 1.54) is 0 Å². The fourth-order valence-electron chi connectivity index (χ4n) is 1.15. The van der Waals surface area contributed by atoms with Gasteiger partial charge in [0.25, 0.3) is 0 Å². The van der Waals surface area contributed by atoms with Crippen LogP contribution >= 0.6 is 0 Å². The summed E-state index contributed by atoms with van der Waals surface area (Å²) in [5.74, 6) is -0.311. The van der Waals surface area contributed by atoms with Gasteiger partial charge in [0.1, 0.15) is 11.3 Å². The van der Waals surface area contributed by atoms with Crippen molar-refractivity contribution >= 4 is 11.7 Å². The quantitative estimate of drug-likeness (QED) is 0.532. The first-order valence-electron chi connectivity index (χ1n) is 5.57. The van der Waals surface area contributed by atoms with Gasteiger partial charge in [0.05, 0.1) is 6.04 Å². The Morgan fingerprint density at radius 1 is 1.27 bits per heavy atom. The maximum atomic E-state index is 11.6. The molecule has 0 saturated carbocycles. The maximum Gasteiger partial charge on any atom is 0.352 e. The number of hydrogen-bond donors (Lipinski definition) is 0. The normalized spacial score (nSPS) is 13.1. The summed E-state index contributed by atoms with van der Waals surface area (Å²) in [5, 5.41) is 0. The maximum absolute atomic E-state index is 11.6. The van der Waals surface area contributed by atoms with E-state index < -0.39 is 5.60 Å². The van der Waals surface area contributed by atoms with Gasteiger partial charge in [-0.15, -0.1) is 0 Å². The van der Waals surface area contributed by atoms with Crippen molar-refractivity contribution in [1.82, 2.24) is 0 Å². The highest BCUT2D eigenvalue weighted by Gasteiger charge is 2.18. The number of carbonyl (C=O) groups excluding carboxylic acids is 1. The summed E-state index contributed by atoms with van der Waals surface area (Å²) in [5.41, 5.74) is 0.0283. The van der Waals surface area contributed by atoms with E-state index in [9.17, 15) is 4.79 Å². The molecule has 0 N–H and O–H groups in total. The highest BCUT2D eigenvalue weighted by atomic mass is 16.6. The molecule has 0 aromatic heterocycles. The third-order valence-electron chi connectivity index (χ3n) is 2.01. The molecule has 0 aromatic rings. The van der Waals surface area contributed by atoms with E-state index in [0.717, 1.165) is 12.8 Å². The lowest BCUT2D eigenvalue weighted by Gasteiger charge is -2.19. The van der Waals surface area contributed by atoms with Gasteiger partial charge in [-0.05, 0) is 40.5 Å². The van der Waals surface area contributed by atoms with Crippen LogP contribution in [0, 0.1) is 0 Å². The Morgan fingerprint density at radius 2 is 1.73 bits per heavy atom. The largest absolute Gasteiger partial charge is 0.456 e. The minimum atomic E-state index is -0.443. The fraction of sp³-hybridized carbons (Fsp3) is 0.833. The number of rotatable bonds is 4. The fourth-order valence-corrected chi connectivity index (χ4v) is 1.15. The second kappa shape index (κ2) is 5.89. The van der Waals surface area contributed by atoms with Crippen LogP contribution in [0.15, 0.2) is 4.99 Å². The number of ether oxygens (including phenoxy) is 1. The van der Waals surface area contributed by atoms with Crippen LogP contribution < -0.4 is 0 Å². The van der Waals surface area contributed by atoms with E-state index in [1.807, 2.05) is 20.8 Å². The summed E-state index contributed by atoms with van der Waals surface area (Å²) in [4.78, 5) is 15.9. The van der Waals surface area contributed by atoms with Crippen LogP contribution in [0.4, 0.5) is 0 Å². The summed E-state index contributed by atoms with van der Waals surface area (Å²) in [6.45, 7) is 11.4. The molecule has 0 radical (unpaired) electrons. The van der Waals surface area contributed by atoms with Crippen molar-refractivity contribution in [3.8, 4) is 0 Å². The molecular weight excluding hydrogens is 190 g/mol. The summed E-state index contributed by atoms with van der Waals surface area (Å²) in [6.07, 6.45) is 1.91. The Kier molecular flexibility index (Phi) is 5.55. The van der Waals surface area contributed by atoms with Crippen molar-refractivity contribution in [2.24, 2.45) is 4.99 Å². The van der Waals surface area contributed by atoms with Gasteiger partial charge in [-0.2, -0.15) is 0 Å². The van der Waals surface area contributed by atoms with Crippen molar-refractivity contribution in [2.75, 3.05) is 0 Å². The van der Waals surface area contributed by atoms with Gasteiger partial charge in [-0.1, -0.05) is 13.8 Å². The van der Waals surface area contributed by atoms with Gasteiger partial charge in [-0.25, -0.2) is 4.79 Å². The minimum Gasteiger partial charge on any atom is -0.456 e. The molecule has 88 valence electrons. The van der Waals surface area contributed by atoms with Gasteiger partial charge in [0.15, 0.2) is 0 Å². The summed E-state index contributed by atoms with van der Waals surface area (Å²) in [7, 11) is 0. The molecule has 0 aromatic carbocycles. The highest BCUT2D eigenvalue weighted by molar-refractivity contribution is 6.35. The Labute approximate surface area is 92.9 Å². The average molecular weight is 213 g/mol. The molecule has 0 amide bonds. The SMILES string of the molecule is CCC(CC)N=C(C)C(=O)OC(C)(C)C. The van der Waals surface area contributed by atoms with Crippen LogP contribution in [0.3, 0.4) is 0 Å². The molecule has 0 saturated heterocycles. The molecule has 0 aliphatic carbocycles. The molecule has 15 heavy (non-hydrogen) atoms. The summed E-state index contributed by atoms with van der Waals surface area (Å²) in [6, 6.07) is 0.234. The van der Waals surface area contributed by atoms with Crippen molar-refractivity contribution in [2.45, 2.75) is 66.0 Å². The lowest BCUT2D eigenvalue weighted by molar-refractivity contribution is -0.146. The molecule has 0 unspecified atom stereocenters. The zero-order chi connectivity index (χ0) is 12.1. The van der Waals surface area contributed by atoms with E-state index in [4.69, 9.17) is 4.74 Å². The lowest BCUT2D eigenvalue weighted by atomic mass is 10.2. The van der Waals surface area contributed by atoms with E-state index in [1.54, 1.807) is 6.92 Å². The molecule has 0 heterocycles. The first kappa shape index (κ1) is 14.1. The number of hydrogen-bond acceptors (Lipinski definition) is 3. The second-order valence-corrected chi connectivity index (χ2v) is 4.69. The first-order valence-corrected chi connectivity index (χ1v) is 5.57. The molecule has 3 nitrogen and oxygen atoms in total. The Balaban J connectivity index is 4.43. The molecule has 0 aliphatic rings. The minimum absolute atomic E-state index is 0.234. The van der Waals surface area contributed by atoms with Crippen LogP contribution in [0.25, 0.3) is 0 Å². The third-order valence-corrected chi connectivity index (χ3v) is 2.01. The second-order valence-electron chi connectivity index (χ2n) is 4.69. The Bertz CT molecular complexity index is 234. The van der Waals surface area contributed by atoms with Gasteiger partial charge >= 0.3 is 5.97 Å². The lowest BCUT2D eigenvalue weighted by Crippen LogP contribution is -2.28. The van der Waals surface area contributed by atoms with Crippen molar-refractivity contribution in [1.29, 1.82) is 0 Å². The topological polar surface area (TPSA) is 38.7 Å². The number of aliphatic imine (C=N–C) groups is 1. The number of nitrogens with zero attached hydrogens (tertiary/aromatic N) is 1.